The maximum atomic E-state index is 11.1. The molecule has 3 aromatic rings. The molecule has 2 aromatic heterocycles. The van der Waals surface area contributed by atoms with Crippen LogP contribution in [0, 0.1) is 5.92 Å². The molecule has 9 nitrogen and oxygen atoms in total. The van der Waals surface area contributed by atoms with Gasteiger partial charge in [-0.3, -0.25) is 4.18 Å². The van der Waals surface area contributed by atoms with Crippen molar-refractivity contribution in [2.24, 2.45) is 11.1 Å². The molecule has 2 heterocycles. The summed E-state index contributed by atoms with van der Waals surface area (Å²) in [6, 6.07) is 10.6. The van der Waals surface area contributed by atoms with E-state index in [1.807, 2.05) is 16.8 Å². The fourth-order valence-corrected chi connectivity index (χ4v) is 5.28. The van der Waals surface area contributed by atoms with Gasteiger partial charge in [0.25, 0.3) is 0 Å². The molecule has 0 amide bonds. The number of hydrogen-bond donors (Lipinski definition) is 3. The van der Waals surface area contributed by atoms with E-state index in [4.69, 9.17) is 9.32 Å². The monoisotopic (exact) mass is 443 g/mol. The molecule has 0 aliphatic heterocycles. The van der Waals surface area contributed by atoms with E-state index in [1.54, 1.807) is 6.33 Å². The van der Waals surface area contributed by atoms with Gasteiger partial charge in [0.15, 0.2) is 0 Å². The lowest BCUT2D eigenvalue weighted by Gasteiger charge is -2.16. The zero-order valence-electron chi connectivity index (χ0n) is 16.9. The van der Waals surface area contributed by atoms with Crippen LogP contribution in [0.4, 0.5) is 5.82 Å². The summed E-state index contributed by atoms with van der Waals surface area (Å²) in [7, 11) is -4.03. The lowest BCUT2D eigenvalue weighted by atomic mass is 10.1. The number of nitrogens with two attached hydrogens (primary N) is 1. The number of nitrogens with one attached hydrogen (secondary N) is 1. The Morgan fingerprint density at radius 3 is 2.90 bits per heavy atom. The van der Waals surface area contributed by atoms with E-state index in [1.165, 1.54) is 11.1 Å². The van der Waals surface area contributed by atoms with Crippen molar-refractivity contribution in [3.05, 3.63) is 54.0 Å². The van der Waals surface area contributed by atoms with E-state index in [-0.39, 0.29) is 24.6 Å². The lowest BCUT2D eigenvalue weighted by molar-refractivity contribution is 0.100. The number of nitrogens with zero attached hydrogens (tertiary/aromatic N) is 3. The molecule has 2 aliphatic rings. The molecule has 31 heavy (non-hydrogen) atoms. The van der Waals surface area contributed by atoms with Gasteiger partial charge < -0.3 is 15.0 Å². The summed E-state index contributed by atoms with van der Waals surface area (Å²) < 4.78 is 28.9. The maximum Gasteiger partial charge on any atom is 0.333 e. The van der Waals surface area contributed by atoms with Crippen molar-refractivity contribution < 1.29 is 17.7 Å². The van der Waals surface area contributed by atoms with Crippen molar-refractivity contribution in [3.8, 4) is 0 Å². The number of fused-ring (bicyclic) bond motifs is 2. The van der Waals surface area contributed by atoms with Crippen LogP contribution >= 0.6 is 0 Å². The van der Waals surface area contributed by atoms with Crippen LogP contribution in [0.5, 0.6) is 0 Å². The van der Waals surface area contributed by atoms with Crippen LogP contribution in [0.15, 0.2) is 42.9 Å². The number of aliphatic hydroxyl groups excluding tert-OH is 1. The van der Waals surface area contributed by atoms with E-state index >= 15 is 0 Å². The van der Waals surface area contributed by atoms with Crippen LogP contribution in [-0.2, 0) is 20.9 Å². The van der Waals surface area contributed by atoms with Gasteiger partial charge in [0.05, 0.1) is 24.1 Å². The molecule has 5 rings (SSSR count). The second-order valence-electron chi connectivity index (χ2n) is 8.35. The SMILES string of the molecule is NS(=O)(=O)OC[C@H]1C[C@H](n2ccc3c(N[C@H]4CCc5ccccc54)ncnc32)C[C@H]1O. The fraction of sp³-hybridized carbons (Fsp3) is 0.429. The minimum atomic E-state index is -4.03. The first-order valence-electron chi connectivity index (χ1n) is 10.4. The first-order chi connectivity index (χ1) is 14.9. The van der Waals surface area contributed by atoms with E-state index in [9.17, 15) is 13.5 Å². The van der Waals surface area contributed by atoms with E-state index in [2.05, 4.69) is 39.6 Å². The van der Waals surface area contributed by atoms with Gasteiger partial charge in [0.2, 0.25) is 0 Å². The van der Waals surface area contributed by atoms with Gasteiger partial charge in [0.1, 0.15) is 17.8 Å². The quantitative estimate of drug-likeness (QED) is 0.531. The van der Waals surface area contributed by atoms with Crippen molar-refractivity contribution in [3.63, 3.8) is 0 Å². The molecule has 2 aliphatic carbocycles. The number of anilines is 1. The van der Waals surface area contributed by atoms with Crippen LogP contribution in [0.3, 0.4) is 0 Å². The van der Waals surface area contributed by atoms with Gasteiger partial charge in [-0.15, -0.1) is 0 Å². The summed E-state index contributed by atoms with van der Waals surface area (Å²) in [4.78, 5) is 8.97. The Morgan fingerprint density at radius 1 is 1.23 bits per heavy atom. The van der Waals surface area contributed by atoms with Crippen LogP contribution in [0.1, 0.15) is 42.5 Å². The Morgan fingerprint density at radius 2 is 2.06 bits per heavy atom. The van der Waals surface area contributed by atoms with Crippen molar-refractivity contribution in [2.45, 2.75) is 43.9 Å². The molecule has 4 atom stereocenters. The molecule has 0 radical (unpaired) electrons. The first kappa shape index (κ1) is 20.4. The van der Waals surface area contributed by atoms with Gasteiger partial charge in [-0.2, -0.15) is 8.42 Å². The average molecular weight is 444 g/mol. The number of hydrogen-bond acceptors (Lipinski definition) is 7. The third-order valence-corrected chi connectivity index (χ3v) is 6.89. The number of benzene rings is 1. The zero-order chi connectivity index (χ0) is 21.6. The summed E-state index contributed by atoms with van der Waals surface area (Å²) in [5, 5.41) is 19.8. The molecule has 0 unspecified atom stereocenters. The molecule has 0 spiro atoms. The van der Waals surface area contributed by atoms with Crippen LogP contribution in [-0.4, -0.2) is 40.8 Å². The van der Waals surface area contributed by atoms with E-state index in [0.29, 0.717) is 12.8 Å². The van der Waals surface area contributed by atoms with Gasteiger partial charge in [-0.05, 0) is 42.9 Å². The normalized spacial score (nSPS) is 25.7. The van der Waals surface area contributed by atoms with Gasteiger partial charge in [-0.25, -0.2) is 15.1 Å². The Hall–Kier alpha value is -2.53. The smallest absolute Gasteiger partial charge is 0.333 e. The van der Waals surface area contributed by atoms with Gasteiger partial charge in [0, 0.05) is 18.2 Å². The third kappa shape index (κ3) is 4.03. The van der Waals surface area contributed by atoms with Crippen molar-refractivity contribution in [1.82, 2.24) is 14.5 Å². The molecule has 164 valence electrons. The summed E-state index contributed by atoms with van der Waals surface area (Å²) in [5.74, 6) is 0.480. The predicted molar refractivity (Wildman–Crippen MR) is 115 cm³/mol. The minimum Gasteiger partial charge on any atom is -0.393 e. The van der Waals surface area contributed by atoms with Gasteiger partial charge >= 0.3 is 10.3 Å². The third-order valence-electron chi connectivity index (χ3n) is 6.43. The first-order valence-corrected chi connectivity index (χ1v) is 11.9. The van der Waals surface area contributed by atoms with Crippen LogP contribution < -0.4 is 10.5 Å². The molecule has 10 heteroatoms. The summed E-state index contributed by atoms with van der Waals surface area (Å²) in [6.45, 7) is -0.126. The summed E-state index contributed by atoms with van der Waals surface area (Å²) in [5.41, 5.74) is 3.47. The van der Waals surface area contributed by atoms with Crippen LogP contribution in [0.2, 0.25) is 0 Å². The van der Waals surface area contributed by atoms with Crippen molar-refractivity contribution >= 4 is 27.2 Å². The number of aromatic nitrogens is 3. The minimum absolute atomic E-state index is 0.0171. The van der Waals surface area contributed by atoms with Crippen LogP contribution in [0.25, 0.3) is 11.0 Å². The highest BCUT2D eigenvalue weighted by molar-refractivity contribution is 7.84. The van der Waals surface area contributed by atoms with Crippen molar-refractivity contribution in [2.75, 3.05) is 11.9 Å². The lowest BCUT2D eigenvalue weighted by Crippen LogP contribution is -2.24. The van der Waals surface area contributed by atoms with Gasteiger partial charge in [-0.1, -0.05) is 24.3 Å². The Bertz CT molecular complexity index is 1210. The predicted octanol–water partition coefficient (Wildman–Crippen LogP) is 2.06. The maximum absolute atomic E-state index is 11.1. The Balaban J connectivity index is 1.37. The average Bonchev–Trinajstić information content (AvgIpc) is 3.43. The molecular weight excluding hydrogens is 418 g/mol. The molecule has 1 saturated carbocycles. The highest BCUT2D eigenvalue weighted by atomic mass is 32.2. The highest BCUT2D eigenvalue weighted by Gasteiger charge is 2.35. The molecule has 4 N–H and O–H groups in total. The Kier molecular flexibility index (Phi) is 5.17. The molecule has 1 fully saturated rings. The van der Waals surface area contributed by atoms with E-state index in [0.717, 1.165) is 29.7 Å². The number of aliphatic hydroxyl groups is 1. The fourth-order valence-electron chi connectivity index (χ4n) is 4.92. The largest absolute Gasteiger partial charge is 0.393 e. The second-order valence-corrected chi connectivity index (χ2v) is 9.57. The standard InChI is InChI=1S/C21H25N5O4S/c22-31(28,29)30-11-14-9-15(10-19(14)27)26-8-7-17-20(23-12-24-21(17)26)25-18-6-5-13-3-1-2-4-16(13)18/h1-4,7-8,12,14-15,18-19,27H,5-6,9-11H2,(H2,22,28,29)(H,23,24,25)/t14-,15+,18+,19-/m1/s1. The second kappa shape index (κ2) is 7.86. The molecule has 1 aromatic carbocycles. The Labute approximate surface area is 180 Å². The summed E-state index contributed by atoms with van der Waals surface area (Å²) in [6.07, 6.45) is 5.96. The van der Waals surface area contributed by atoms with E-state index < -0.39 is 16.4 Å². The molecular formula is C21H25N5O4S. The summed E-state index contributed by atoms with van der Waals surface area (Å²) >= 11 is 0. The molecule has 0 saturated heterocycles. The number of aryl methyl sites for hydroxylation is 1. The highest BCUT2D eigenvalue weighted by Crippen LogP contribution is 2.39. The van der Waals surface area contributed by atoms with Crippen molar-refractivity contribution in [1.29, 1.82) is 0 Å². The zero-order valence-corrected chi connectivity index (χ0v) is 17.7. The molecule has 0 bridgehead atoms. The topological polar surface area (TPSA) is 132 Å². The number of rotatable bonds is 6.